The van der Waals surface area contributed by atoms with Crippen molar-refractivity contribution in [3.8, 4) is 0 Å². The molecule has 0 aliphatic rings. The standard InChI is InChI=1S/C14H18FNO4/c1-4-14(12(17)19-3,13(18)20-5-2)9-6-7-11(16)10(15)8-9/h6-8H,4-5,16H2,1-3H3. The quantitative estimate of drug-likeness (QED) is 0.506. The fourth-order valence-corrected chi connectivity index (χ4v) is 2.03. The van der Waals surface area contributed by atoms with Crippen molar-refractivity contribution in [1.29, 1.82) is 0 Å². The molecule has 0 aliphatic heterocycles. The molecule has 0 saturated heterocycles. The molecule has 110 valence electrons. The maximum Gasteiger partial charge on any atom is 0.328 e. The number of carbonyl (C=O) groups excluding carboxylic acids is 2. The van der Waals surface area contributed by atoms with Crippen molar-refractivity contribution in [2.24, 2.45) is 0 Å². The fourth-order valence-electron chi connectivity index (χ4n) is 2.03. The van der Waals surface area contributed by atoms with Crippen LogP contribution in [-0.4, -0.2) is 25.7 Å². The van der Waals surface area contributed by atoms with Crippen LogP contribution in [0, 0.1) is 5.82 Å². The molecule has 0 spiro atoms. The van der Waals surface area contributed by atoms with Crippen LogP contribution in [0.5, 0.6) is 0 Å². The van der Waals surface area contributed by atoms with E-state index in [1.54, 1.807) is 13.8 Å². The summed E-state index contributed by atoms with van der Waals surface area (Å²) in [6, 6.07) is 3.79. The number of hydrogen-bond acceptors (Lipinski definition) is 5. The number of nitrogen functional groups attached to an aromatic ring is 1. The first-order valence-electron chi connectivity index (χ1n) is 6.25. The Morgan fingerprint density at radius 3 is 2.40 bits per heavy atom. The molecule has 1 unspecified atom stereocenters. The number of benzene rings is 1. The van der Waals surface area contributed by atoms with Gasteiger partial charge in [0.05, 0.1) is 19.4 Å². The van der Waals surface area contributed by atoms with Gasteiger partial charge in [0.25, 0.3) is 0 Å². The summed E-state index contributed by atoms with van der Waals surface area (Å²) in [5.41, 5.74) is 3.83. The van der Waals surface area contributed by atoms with E-state index in [9.17, 15) is 14.0 Å². The van der Waals surface area contributed by atoms with E-state index in [0.29, 0.717) is 0 Å². The zero-order valence-electron chi connectivity index (χ0n) is 11.7. The first-order valence-corrected chi connectivity index (χ1v) is 6.25. The van der Waals surface area contributed by atoms with E-state index in [1.807, 2.05) is 0 Å². The van der Waals surface area contributed by atoms with Crippen molar-refractivity contribution >= 4 is 17.6 Å². The van der Waals surface area contributed by atoms with Gasteiger partial charge in [-0.1, -0.05) is 13.0 Å². The lowest BCUT2D eigenvalue weighted by Crippen LogP contribution is -2.45. The Morgan fingerprint density at radius 2 is 1.95 bits per heavy atom. The van der Waals surface area contributed by atoms with E-state index in [2.05, 4.69) is 0 Å². The zero-order valence-corrected chi connectivity index (χ0v) is 11.7. The highest BCUT2D eigenvalue weighted by atomic mass is 19.1. The number of anilines is 1. The second-order valence-corrected chi connectivity index (χ2v) is 4.21. The Kier molecular flexibility index (Phi) is 5.07. The molecule has 6 heteroatoms. The Balaban J connectivity index is 3.45. The molecule has 1 aromatic rings. The van der Waals surface area contributed by atoms with Crippen molar-refractivity contribution in [2.45, 2.75) is 25.7 Å². The number of methoxy groups -OCH3 is 1. The van der Waals surface area contributed by atoms with Crippen LogP contribution in [0.25, 0.3) is 0 Å². The Hall–Kier alpha value is -2.11. The minimum atomic E-state index is -1.68. The molecular weight excluding hydrogens is 265 g/mol. The molecule has 2 N–H and O–H groups in total. The molecule has 0 radical (unpaired) electrons. The molecule has 0 bridgehead atoms. The zero-order chi connectivity index (χ0) is 15.3. The molecule has 0 heterocycles. The van der Waals surface area contributed by atoms with Crippen LogP contribution in [0.4, 0.5) is 10.1 Å². The van der Waals surface area contributed by atoms with Crippen molar-refractivity contribution < 1.29 is 23.5 Å². The van der Waals surface area contributed by atoms with Gasteiger partial charge >= 0.3 is 11.9 Å². The Bertz CT molecular complexity index is 518. The number of nitrogens with two attached hydrogens (primary N) is 1. The largest absolute Gasteiger partial charge is 0.468 e. The lowest BCUT2D eigenvalue weighted by Gasteiger charge is -2.28. The number of esters is 2. The molecule has 5 nitrogen and oxygen atoms in total. The number of rotatable bonds is 5. The van der Waals surface area contributed by atoms with Crippen LogP contribution in [0.3, 0.4) is 0 Å². The second-order valence-electron chi connectivity index (χ2n) is 4.21. The molecule has 1 aromatic carbocycles. The van der Waals surface area contributed by atoms with Gasteiger partial charge in [0.2, 0.25) is 0 Å². The van der Waals surface area contributed by atoms with Crippen molar-refractivity contribution in [3.05, 3.63) is 29.6 Å². The summed E-state index contributed by atoms with van der Waals surface area (Å²) >= 11 is 0. The monoisotopic (exact) mass is 283 g/mol. The van der Waals surface area contributed by atoms with Gasteiger partial charge in [-0.3, -0.25) is 9.59 Å². The van der Waals surface area contributed by atoms with Crippen molar-refractivity contribution in [3.63, 3.8) is 0 Å². The van der Waals surface area contributed by atoms with E-state index in [-0.39, 0.29) is 24.3 Å². The van der Waals surface area contributed by atoms with Crippen LogP contribution in [0.2, 0.25) is 0 Å². The maximum absolute atomic E-state index is 13.6. The molecule has 0 aromatic heterocycles. The number of halogens is 1. The Labute approximate surface area is 116 Å². The minimum absolute atomic E-state index is 0.0625. The van der Waals surface area contributed by atoms with Crippen LogP contribution in [0.15, 0.2) is 18.2 Å². The van der Waals surface area contributed by atoms with Crippen molar-refractivity contribution in [2.75, 3.05) is 19.5 Å². The highest BCUT2D eigenvalue weighted by molar-refractivity contribution is 6.06. The average Bonchev–Trinajstić information content (AvgIpc) is 2.44. The van der Waals surface area contributed by atoms with E-state index in [4.69, 9.17) is 15.2 Å². The maximum atomic E-state index is 13.6. The number of carbonyl (C=O) groups is 2. The summed E-state index contributed by atoms with van der Waals surface area (Å²) in [5, 5.41) is 0. The van der Waals surface area contributed by atoms with Gasteiger partial charge in [0.15, 0.2) is 5.41 Å². The molecule has 20 heavy (non-hydrogen) atoms. The smallest absolute Gasteiger partial charge is 0.328 e. The van der Waals surface area contributed by atoms with Gasteiger partial charge in [-0.25, -0.2) is 4.39 Å². The summed E-state index contributed by atoms with van der Waals surface area (Å²) in [7, 11) is 1.17. The Morgan fingerprint density at radius 1 is 1.30 bits per heavy atom. The predicted octanol–water partition coefficient (Wildman–Crippen LogP) is 1.79. The lowest BCUT2D eigenvalue weighted by molar-refractivity contribution is -0.163. The van der Waals surface area contributed by atoms with Gasteiger partial charge in [-0.05, 0) is 31.0 Å². The second kappa shape index (κ2) is 6.36. The summed E-state index contributed by atoms with van der Waals surface area (Å²) in [6.45, 7) is 3.36. The molecule has 0 fully saturated rings. The first kappa shape index (κ1) is 15.9. The van der Waals surface area contributed by atoms with Gasteiger partial charge < -0.3 is 15.2 Å². The van der Waals surface area contributed by atoms with Crippen LogP contribution >= 0.6 is 0 Å². The number of ether oxygens (including phenoxy) is 2. The van der Waals surface area contributed by atoms with Gasteiger partial charge in [-0.15, -0.1) is 0 Å². The molecule has 1 atom stereocenters. The summed E-state index contributed by atoms with van der Waals surface area (Å²) in [4.78, 5) is 24.3. The lowest BCUT2D eigenvalue weighted by atomic mass is 9.78. The molecule has 0 aliphatic carbocycles. The van der Waals surface area contributed by atoms with E-state index >= 15 is 0 Å². The average molecular weight is 283 g/mol. The number of hydrogen-bond donors (Lipinski definition) is 1. The van der Waals surface area contributed by atoms with E-state index in [0.717, 1.165) is 6.07 Å². The van der Waals surface area contributed by atoms with E-state index in [1.165, 1.54) is 19.2 Å². The summed E-state index contributed by atoms with van der Waals surface area (Å²) < 4.78 is 23.3. The summed E-state index contributed by atoms with van der Waals surface area (Å²) in [5.74, 6) is -2.25. The van der Waals surface area contributed by atoms with Crippen LogP contribution < -0.4 is 5.73 Å². The van der Waals surface area contributed by atoms with Gasteiger partial charge in [0.1, 0.15) is 5.82 Å². The minimum Gasteiger partial charge on any atom is -0.468 e. The molecule has 1 rings (SSSR count). The normalized spacial score (nSPS) is 13.4. The first-order chi connectivity index (χ1) is 9.43. The third-order valence-electron chi connectivity index (χ3n) is 3.18. The molecular formula is C14H18FNO4. The van der Waals surface area contributed by atoms with Crippen LogP contribution in [-0.2, 0) is 24.5 Å². The van der Waals surface area contributed by atoms with Gasteiger partial charge in [0, 0.05) is 0 Å². The van der Waals surface area contributed by atoms with Crippen molar-refractivity contribution in [1.82, 2.24) is 0 Å². The van der Waals surface area contributed by atoms with Crippen LogP contribution in [0.1, 0.15) is 25.8 Å². The topological polar surface area (TPSA) is 78.6 Å². The highest BCUT2D eigenvalue weighted by Gasteiger charge is 2.49. The molecule has 0 amide bonds. The van der Waals surface area contributed by atoms with Gasteiger partial charge in [-0.2, -0.15) is 0 Å². The molecule has 0 saturated carbocycles. The third-order valence-corrected chi connectivity index (χ3v) is 3.18. The highest BCUT2D eigenvalue weighted by Crippen LogP contribution is 2.32. The predicted molar refractivity (Wildman–Crippen MR) is 71.4 cm³/mol. The summed E-state index contributed by atoms with van der Waals surface area (Å²) in [6.07, 6.45) is 0.0852. The third kappa shape index (κ3) is 2.59. The fraction of sp³-hybridized carbons (Fsp3) is 0.429. The SMILES string of the molecule is CCOC(=O)C(CC)(C(=O)OC)c1ccc(N)c(F)c1. The van der Waals surface area contributed by atoms with E-state index < -0.39 is 23.2 Å².